The van der Waals surface area contributed by atoms with Gasteiger partial charge in [0.1, 0.15) is 0 Å². The molecule has 0 unspecified atom stereocenters. The molecule has 0 saturated carbocycles. The van der Waals surface area contributed by atoms with Gasteiger partial charge in [-0.2, -0.15) is 0 Å². The summed E-state index contributed by atoms with van der Waals surface area (Å²) in [6.07, 6.45) is 3.36. The van der Waals surface area contributed by atoms with Crippen molar-refractivity contribution in [3.8, 4) is 0 Å². The van der Waals surface area contributed by atoms with Crippen molar-refractivity contribution in [3.05, 3.63) is 0 Å². The van der Waals surface area contributed by atoms with Crippen LogP contribution in [0.1, 0.15) is 19.3 Å². The minimum atomic E-state index is -0.0942. The summed E-state index contributed by atoms with van der Waals surface area (Å²) in [7, 11) is 1.47. The van der Waals surface area contributed by atoms with Crippen LogP contribution in [0.3, 0.4) is 0 Å². The van der Waals surface area contributed by atoms with Gasteiger partial charge in [-0.25, -0.2) is 0 Å². The van der Waals surface area contributed by atoms with Crippen LogP contribution < -0.4 is 5.32 Å². The lowest BCUT2D eigenvalue weighted by atomic mass is 9.74. The largest absolute Gasteiger partial charge is 0.469 e. The summed E-state index contributed by atoms with van der Waals surface area (Å²) in [5, 5.41) is 3.36. The first-order chi connectivity index (χ1) is 7.83. The van der Waals surface area contributed by atoms with E-state index < -0.39 is 0 Å². The smallest absolute Gasteiger partial charge is 0.311 e. The molecule has 2 aliphatic heterocycles. The van der Waals surface area contributed by atoms with E-state index in [-0.39, 0.29) is 11.9 Å². The summed E-state index contributed by atoms with van der Waals surface area (Å²) in [4.78, 5) is 11.7. The van der Waals surface area contributed by atoms with Gasteiger partial charge in [-0.1, -0.05) is 0 Å². The Bertz CT molecular complexity index is 238. The second kappa shape index (κ2) is 5.64. The molecule has 0 aromatic carbocycles. The molecule has 2 rings (SSSR count). The lowest BCUT2D eigenvalue weighted by Gasteiger charge is -2.37. The van der Waals surface area contributed by atoms with E-state index in [9.17, 15) is 4.79 Å². The second-order valence-electron chi connectivity index (χ2n) is 4.74. The number of nitrogens with one attached hydrogen (secondary N) is 1. The Kier molecular flexibility index (Phi) is 4.18. The number of methoxy groups -OCH3 is 1. The maximum Gasteiger partial charge on any atom is 0.311 e. The van der Waals surface area contributed by atoms with Crippen LogP contribution in [0.25, 0.3) is 0 Å². The Balaban J connectivity index is 2.00. The molecule has 16 heavy (non-hydrogen) atoms. The quantitative estimate of drug-likeness (QED) is 0.709. The summed E-state index contributed by atoms with van der Waals surface area (Å²) in [5.41, 5.74) is 0. The molecule has 2 saturated heterocycles. The number of hydrogen-bond acceptors (Lipinski definition) is 4. The van der Waals surface area contributed by atoms with Gasteiger partial charge < -0.3 is 14.8 Å². The molecule has 0 aromatic rings. The molecule has 2 aliphatic rings. The fraction of sp³-hybridized carbons (Fsp3) is 0.917. The molecule has 2 fully saturated rings. The Morgan fingerprint density at radius 2 is 2.06 bits per heavy atom. The van der Waals surface area contributed by atoms with Crippen LogP contribution in [0.15, 0.2) is 0 Å². The van der Waals surface area contributed by atoms with Gasteiger partial charge in [0.05, 0.1) is 19.6 Å². The first kappa shape index (κ1) is 11.9. The van der Waals surface area contributed by atoms with E-state index in [1.165, 1.54) is 20.0 Å². The third-order valence-electron chi connectivity index (χ3n) is 3.90. The molecule has 2 atom stereocenters. The number of ether oxygens (including phenoxy) is 2. The van der Waals surface area contributed by atoms with E-state index in [1.807, 2.05) is 0 Å². The van der Waals surface area contributed by atoms with E-state index >= 15 is 0 Å². The molecule has 0 radical (unpaired) electrons. The van der Waals surface area contributed by atoms with Crippen LogP contribution in [0.5, 0.6) is 0 Å². The summed E-state index contributed by atoms with van der Waals surface area (Å²) >= 11 is 0. The average Bonchev–Trinajstić information content (AvgIpc) is 2.39. The van der Waals surface area contributed by atoms with Crippen LogP contribution in [0, 0.1) is 17.8 Å². The van der Waals surface area contributed by atoms with E-state index in [0.29, 0.717) is 18.4 Å². The average molecular weight is 227 g/mol. The molecule has 92 valence electrons. The lowest BCUT2D eigenvalue weighted by molar-refractivity contribution is -0.155. The minimum absolute atomic E-state index is 0.0400. The number of esters is 1. The number of carbonyl (C=O) groups is 1. The highest BCUT2D eigenvalue weighted by atomic mass is 16.5. The Labute approximate surface area is 96.7 Å². The summed E-state index contributed by atoms with van der Waals surface area (Å²) < 4.78 is 10.3. The van der Waals surface area contributed by atoms with Crippen LogP contribution in [-0.4, -0.2) is 39.4 Å². The molecular weight excluding hydrogens is 206 g/mol. The summed E-state index contributed by atoms with van der Waals surface area (Å²) in [6, 6.07) is 0. The van der Waals surface area contributed by atoms with E-state index in [2.05, 4.69) is 5.32 Å². The molecule has 0 spiro atoms. The molecule has 4 nitrogen and oxygen atoms in total. The standard InChI is InChI=1S/C12H21NO3/c1-15-12(14)11-8-16-7-4-10(11)9-2-5-13-6-3-9/h9-11,13H,2-8H2,1H3/t10-,11-/m0/s1. The van der Waals surface area contributed by atoms with Crippen molar-refractivity contribution in [1.82, 2.24) is 5.32 Å². The van der Waals surface area contributed by atoms with Crippen molar-refractivity contribution in [2.24, 2.45) is 17.8 Å². The van der Waals surface area contributed by atoms with Gasteiger partial charge >= 0.3 is 5.97 Å². The number of carbonyl (C=O) groups excluding carboxylic acids is 1. The molecule has 0 amide bonds. The van der Waals surface area contributed by atoms with Crippen LogP contribution in [-0.2, 0) is 14.3 Å². The van der Waals surface area contributed by atoms with Gasteiger partial charge in [-0.05, 0) is 44.2 Å². The van der Waals surface area contributed by atoms with Crippen LogP contribution in [0.2, 0.25) is 0 Å². The number of piperidine rings is 1. The molecule has 2 heterocycles. The zero-order valence-corrected chi connectivity index (χ0v) is 9.91. The Hall–Kier alpha value is -0.610. The van der Waals surface area contributed by atoms with Crippen LogP contribution >= 0.6 is 0 Å². The second-order valence-corrected chi connectivity index (χ2v) is 4.74. The highest BCUT2D eigenvalue weighted by Crippen LogP contribution is 2.34. The van der Waals surface area contributed by atoms with Gasteiger partial charge in [0, 0.05) is 6.61 Å². The van der Waals surface area contributed by atoms with E-state index in [4.69, 9.17) is 9.47 Å². The Morgan fingerprint density at radius 3 is 2.75 bits per heavy atom. The minimum Gasteiger partial charge on any atom is -0.469 e. The predicted octanol–water partition coefficient (Wildman–Crippen LogP) is 0.812. The maximum atomic E-state index is 11.7. The molecular formula is C12H21NO3. The predicted molar refractivity (Wildman–Crippen MR) is 60.0 cm³/mol. The number of rotatable bonds is 2. The fourth-order valence-corrected chi connectivity index (χ4v) is 2.99. The summed E-state index contributed by atoms with van der Waals surface area (Å²) in [5.74, 6) is 0.989. The highest BCUT2D eigenvalue weighted by molar-refractivity contribution is 5.73. The van der Waals surface area contributed by atoms with Crippen LogP contribution in [0.4, 0.5) is 0 Å². The van der Waals surface area contributed by atoms with Gasteiger partial charge in [0.2, 0.25) is 0 Å². The number of hydrogen-bond donors (Lipinski definition) is 1. The normalized spacial score (nSPS) is 32.3. The molecule has 0 bridgehead atoms. The van der Waals surface area contributed by atoms with Crippen molar-refractivity contribution < 1.29 is 14.3 Å². The molecule has 4 heteroatoms. The van der Waals surface area contributed by atoms with E-state index in [0.717, 1.165) is 26.1 Å². The highest BCUT2D eigenvalue weighted by Gasteiger charge is 2.37. The van der Waals surface area contributed by atoms with E-state index in [1.54, 1.807) is 0 Å². The summed E-state index contributed by atoms with van der Waals surface area (Å²) in [6.45, 7) is 3.50. The SMILES string of the molecule is COC(=O)[C@H]1COCC[C@H]1C1CCNCC1. The first-order valence-corrected chi connectivity index (χ1v) is 6.19. The van der Waals surface area contributed by atoms with Gasteiger partial charge in [0.25, 0.3) is 0 Å². The molecule has 0 aromatic heterocycles. The molecule has 1 N–H and O–H groups in total. The third kappa shape index (κ3) is 2.55. The van der Waals surface area contributed by atoms with Gasteiger partial charge in [-0.15, -0.1) is 0 Å². The van der Waals surface area contributed by atoms with Gasteiger partial charge in [-0.3, -0.25) is 4.79 Å². The topological polar surface area (TPSA) is 47.6 Å². The van der Waals surface area contributed by atoms with Crippen molar-refractivity contribution in [3.63, 3.8) is 0 Å². The maximum absolute atomic E-state index is 11.7. The fourth-order valence-electron chi connectivity index (χ4n) is 2.99. The third-order valence-corrected chi connectivity index (χ3v) is 3.90. The zero-order valence-electron chi connectivity index (χ0n) is 9.91. The zero-order chi connectivity index (χ0) is 11.4. The van der Waals surface area contributed by atoms with Crippen molar-refractivity contribution >= 4 is 5.97 Å². The van der Waals surface area contributed by atoms with Crippen molar-refractivity contribution in [1.29, 1.82) is 0 Å². The monoisotopic (exact) mass is 227 g/mol. The molecule has 0 aliphatic carbocycles. The first-order valence-electron chi connectivity index (χ1n) is 6.19. The van der Waals surface area contributed by atoms with Gasteiger partial charge in [0.15, 0.2) is 0 Å². The lowest BCUT2D eigenvalue weighted by Crippen LogP contribution is -2.42. The van der Waals surface area contributed by atoms with Crippen molar-refractivity contribution in [2.45, 2.75) is 19.3 Å². The van der Waals surface area contributed by atoms with Crippen molar-refractivity contribution in [2.75, 3.05) is 33.4 Å². The Morgan fingerprint density at radius 1 is 1.31 bits per heavy atom.